The lowest BCUT2D eigenvalue weighted by atomic mass is 10.2. The molecular formula is C24H32N4O3S2. The minimum atomic E-state index is -3.61. The zero-order valence-corrected chi connectivity index (χ0v) is 21.7. The summed E-state index contributed by atoms with van der Waals surface area (Å²) in [5, 5.41) is 0.652. The first-order chi connectivity index (χ1) is 15.5. The highest BCUT2D eigenvalue weighted by molar-refractivity contribution is 7.89. The van der Waals surface area contributed by atoms with E-state index in [2.05, 4.69) is 4.90 Å². The molecule has 0 saturated heterocycles. The normalized spacial score (nSPS) is 12.3. The van der Waals surface area contributed by atoms with Gasteiger partial charge in [0.05, 0.1) is 15.1 Å². The Kier molecular flexibility index (Phi) is 7.89. The molecule has 3 rings (SSSR count). The number of hydrogen-bond donors (Lipinski definition) is 0. The summed E-state index contributed by atoms with van der Waals surface area (Å²) in [4.78, 5) is 22.2. The minimum absolute atomic E-state index is 0.161. The quantitative estimate of drug-likeness (QED) is 0.451. The van der Waals surface area contributed by atoms with E-state index in [-0.39, 0.29) is 16.8 Å². The first-order valence-corrected chi connectivity index (χ1v) is 13.2. The predicted molar refractivity (Wildman–Crippen MR) is 136 cm³/mol. The maximum Gasteiger partial charge on any atom is 0.260 e. The molecule has 0 spiro atoms. The lowest BCUT2D eigenvalue weighted by Gasteiger charge is -2.22. The minimum Gasteiger partial charge on any atom is -0.309 e. The summed E-state index contributed by atoms with van der Waals surface area (Å²) in [6, 6.07) is 12.0. The summed E-state index contributed by atoms with van der Waals surface area (Å²) in [7, 11) is 1.95. The van der Waals surface area contributed by atoms with Crippen LogP contribution in [0.5, 0.6) is 0 Å². The Morgan fingerprint density at radius 3 is 2.27 bits per heavy atom. The second-order valence-electron chi connectivity index (χ2n) is 8.67. The van der Waals surface area contributed by atoms with E-state index in [0.717, 1.165) is 28.7 Å². The van der Waals surface area contributed by atoms with E-state index in [4.69, 9.17) is 4.98 Å². The van der Waals surface area contributed by atoms with Crippen molar-refractivity contribution in [1.29, 1.82) is 0 Å². The molecule has 1 amide bonds. The largest absolute Gasteiger partial charge is 0.309 e. The molecule has 0 fully saturated rings. The predicted octanol–water partition coefficient (Wildman–Crippen LogP) is 4.23. The van der Waals surface area contributed by atoms with Gasteiger partial charge in [-0.05, 0) is 83.7 Å². The molecule has 0 saturated carbocycles. The number of benzene rings is 2. The van der Waals surface area contributed by atoms with Gasteiger partial charge >= 0.3 is 0 Å². The van der Waals surface area contributed by atoms with Crippen molar-refractivity contribution < 1.29 is 13.2 Å². The van der Waals surface area contributed by atoms with E-state index in [9.17, 15) is 13.2 Å². The van der Waals surface area contributed by atoms with Crippen LogP contribution in [0.1, 0.15) is 36.2 Å². The number of hydrogen-bond acceptors (Lipinski definition) is 6. The molecule has 0 bridgehead atoms. The number of rotatable bonds is 9. The molecule has 33 heavy (non-hydrogen) atoms. The number of para-hydroxylation sites is 1. The highest BCUT2D eigenvalue weighted by Gasteiger charge is 2.25. The number of anilines is 1. The van der Waals surface area contributed by atoms with Gasteiger partial charge in [0.2, 0.25) is 10.0 Å². The molecule has 1 aromatic heterocycles. The molecule has 0 aliphatic heterocycles. The van der Waals surface area contributed by atoms with Crippen LogP contribution in [0, 0.1) is 6.92 Å². The van der Waals surface area contributed by atoms with Gasteiger partial charge in [-0.25, -0.2) is 13.4 Å². The number of amides is 1. The molecule has 0 unspecified atom stereocenters. The third-order valence-corrected chi connectivity index (χ3v) is 8.67. The van der Waals surface area contributed by atoms with Crippen LogP contribution in [0.3, 0.4) is 0 Å². The molecule has 0 radical (unpaired) electrons. The highest BCUT2D eigenvalue weighted by atomic mass is 32.2. The van der Waals surface area contributed by atoms with E-state index in [1.807, 2.05) is 53.1 Å². The molecule has 0 N–H and O–H groups in total. The first-order valence-electron chi connectivity index (χ1n) is 10.9. The monoisotopic (exact) mass is 488 g/mol. The molecule has 178 valence electrons. The molecule has 3 aromatic rings. The Hall–Kier alpha value is -2.33. The van der Waals surface area contributed by atoms with Crippen molar-refractivity contribution >= 4 is 42.6 Å². The van der Waals surface area contributed by atoms with Crippen LogP contribution >= 0.6 is 11.3 Å². The number of carbonyl (C=O) groups is 1. The Labute approximate surface area is 200 Å². The number of aryl methyl sites for hydroxylation is 1. The van der Waals surface area contributed by atoms with Crippen molar-refractivity contribution in [2.24, 2.45) is 0 Å². The van der Waals surface area contributed by atoms with Crippen LogP contribution in [-0.2, 0) is 10.0 Å². The number of aromatic nitrogens is 1. The molecule has 2 aromatic carbocycles. The summed E-state index contributed by atoms with van der Waals surface area (Å²) in [6.07, 6.45) is 0.791. The van der Waals surface area contributed by atoms with Gasteiger partial charge in [-0.2, -0.15) is 4.31 Å². The smallest absolute Gasteiger partial charge is 0.260 e. The van der Waals surface area contributed by atoms with Crippen LogP contribution in [0.4, 0.5) is 5.13 Å². The van der Waals surface area contributed by atoms with Gasteiger partial charge in [0.15, 0.2) is 5.13 Å². The van der Waals surface area contributed by atoms with Gasteiger partial charge in [0, 0.05) is 25.2 Å². The Morgan fingerprint density at radius 2 is 1.70 bits per heavy atom. The summed E-state index contributed by atoms with van der Waals surface area (Å²) in [6.45, 7) is 7.01. The number of sulfonamides is 1. The maximum absolute atomic E-state index is 13.5. The standard InChI is InChI=1S/C24H32N4O3S2/c1-17(2)27(6)33(30,31)20-13-11-19(12-14-20)23(29)28(16-8-15-26(4)5)24-25-22-18(3)9-7-10-21(22)32-24/h7,9-14,17H,8,15-16H2,1-6H3. The van der Waals surface area contributed by atoms with Gasteiger partial charge in [0.1, 0.15) is 0 Å². The average Bonchev–Trinajstić information content (AvgIpc) is 3.21. The fourth-order valence-electron chi connectivity index (χ4n) is 3.39. The van der Waals surface area contributed by atoms with Gasteiger partial charge < -0.3 is 4.90 Å². The van der Waals surface area contributed by atoms with Crippen molar-refractivity contribution in [3.8, 4) is 0 Å². The van der Waals surface area contributed by atoms with Crippen molar-refractivity contribution in [2.45, 2.75) is 38.1 Å². The highest BCUT2D eigenvalue weighted by Crippen LogP contribution is 2.31. The number of nitrogens with zero attached hydrogens (tertiary/aromatic N) is 4. The molecular weight excluding hydrogens is 456 g/mol. The van der Waals surface area contributed by atoms with E-state index >= 15 is 0 Å². The SMILES string of the molecule is Cc1cccc2sc(N(CCCN(C)C)C(=O)c3ccc(S(=O)(=O)N(C)C(C)C)cc3)nc12. The van der Waals surface area contributed by atoms with Gasteiger partial charge in [-0.1, -0.05) is 23.5 Å². The average molecular weight is 489 g/mol. The van der Waals surface area contributed by atoms with E-state index in [0.29, 0.717) is 17.2 Å². The maximum atomic E-state index is 13.5. The fourth-order valence-corrected chi connectivity index (χ4v) is 5.82. The molecule has 1 heterocycles. The van der Waals surface area contributed by atoms with Crippen molar-refractivity contribution in [3.63, 3.8) is 0 Å². The summed E-state index contributed by atoms with van der Waals surface area (Å²) >= 11 is 1.49. The van der Waals surface area contributed by atoms with Crippen molar-refractivity contribution in [2.75, 3.05) is 39.1 Å². The second-order valence-corrected chi connectivity index (χ2v) is 11.7. The van der Waals surface area contributed by atoms with Crippen LogP contribution < -0.4 is 4.90 Å². The molecule has 0 aliphatic rings. The molecule has 0 atom stereocenters. The van der Waals surface area contributed by atoms with Crippen molar-refractivity contribution in [1.82, 2.24) is 14.2 Å². The van der Waals surface area contributed by atoms with E-state index in [1.165, 1.54) is 27.8 Å². The first kappa shape index (κ1) is 25.3. The number of thiazole rings is 1. The zero-order valence-electron chi connectivity index (χ0n) is 20.1. The van der Waals surface area contributed by atoms with E-state index < -0.39 is 10.0 Å². The fraction of sp³-hybridized carbons (Fsp3) is 0.417. The van der Waals surface area contributed by atoms with Gasteiger partial charge in [0.25, 0.3) is 5.91 Å². The number of carbonyl (C=O) groups excluding carboxylic acids is 1. The second kappa shape index (κ2) is 10.3. The van der Waals surface area contributed by atoms with Gasteiger partial charge in [-0.15, -0.1) is 0 Å². The topological polar surface area (TPSA) is 73.8 Å². The Morgan fingerprint density at radius 1 is 1.03 bits per heavy atom. The Balaban J connectivity index is 1.93. The number of fused-ring (bicyclic) bond motifs is 1. The molecule has 0 aliphatic carbocycles. The summed E-state index contributed by atoms with van der Waals surface area (Å²) in [5.74, 6) is -0.188. The molecule has 7 nitrogen and oxygen atoms in total. The van der Waals surface area contributed by atoms with Crippen LogP contribution in [0.25, 0.3) is 10.2 Å². The van der Waals surface area contributed by atoms with E-state index in [1.54, 1.807) is 24.1 Å². The summed E-state index contributed by atoms with van der Waals surface area (Å²) in [5.41, 5.74) is 2.41. The van der Waals surface area contributed by atoms with Crippen LogP contribution in [-0.4, -0.2) is 68.8 Å². The third kappa shape index (κ3) is 5.60. The lowest BCUT2D eigenvalue weighted by molar-refractivity contribution is 0.0986. The van der Waals surface area contributed by atoms with Crippen LogP contribution in [0.15, 0.2) is 47.4 Å². The zero-order chi connectivity index (χ0) is 24.3. The third-order valence-electron chi connectivity index (χ3n) is 5.58. The Bertz CT molecular complexity index is 1220. The van der Waals surface area contributed by atoms with Crippen LogP contribution in [0.2, 0.25) is 0 Å². The summed E-state index contributed by atoms with van der Waals surface area (Å²) < 4.78 is 27.9. The van der Waals surface area contributed by atoms with Crippen molar-refractivity contribution in [3.05, 3.63) is 53.6 Å². The lowest BCUT2D eigenvalue weighted by Crippen LogP contribution is -2.34. The van der Waals surface area contributed by atoms with Gasteiger partial charge in [-0.3, -0.25) is 9.69 Å². The molecule has 9 heteroatoms.